The molecule has 0 aromatic carbocycles. The summed E-state index contributed by atoms with van der Waals surface area (Å²) in [6.45, 7) is -0.0730. The monoisotopic (exact) mass is 188 g/mol. The van der Waals surface area contributed by atoms with Gasteiger partial charge in [-0.15, -0.1) is 0 Å². The van der Waals surface area contributed by atoms with Gasteiger partial charge >= 0.3 is 0 Å². The Morgan fingerprint density at radius 1 is 1.46 bits per heavy atom. The highest BCUT2D eigenvalue weighted by Crippen LogP contribution is 2.19. The average Bonchev–Trinajstić information content (AvgIpc) is 2.16. The van der Waals surface area contributed by atoms with Crippen LogP contribution in [0.5, 0.6) is 0 Å². The molecule has 0 aromatic rings. The summed E-state index contributed by atoms with van der Waals surface area (Å²) in [6, 6.07) is 0.284. The van der Waals surface area contributed by atoms with Gasteiger partial charge in [-0.2, -0.15) is 0 Å². The number of amides is 1. The van der Waals surface area contributed by atoms with Crippen molar-refractivity contribution in [1.29, 1.82) is 0 Å². The van der Waals surface area contributed by atoms with Gasteiger partial charge in [0.05, 0.1) is 6.10 Å². The maximum Gasteiger partial charge on any atom is 0.269 e. The molecule has 1 aliphatic carbocycles. The van der Waals surface area contributed by atoms with Gasteiger partial charge in [0.25, 0.3) is 5.91 Å². The number of nitrogens with two attached hydrogens (primary N) is 1. The fourth-order valence-corrected chi connectivity index (χ4v) is 1.48. The van der Waals surface area contributed by atoms with Gasteiger partial charge < -0.3 is 10.5 Å². The largest absolute Gasteiger partial charge is 0.368 e. The molecule has 0 aliphatic heterocycles. The van der Waals surface area contributed by atoms with Crippen LogP contribution in [0.25, 0.3) is 0 Å². The molecule has 1 saturated carbocycles. The topological polar surface area (TPSA) is 84.6 Å². The molecule has 1 amide bonds. The Balaban J connectivity index is 2.12. The van der Waals surface area contributed by atoms with Crippen molar-refractivity contribution < 1.29 is 14.7 Å². The highest BCUT2D eigenvalue weighted by atomic mass is 16.5. The molecule has 1 aliphatic rings. The molecule has 0 saturated heterocycles. The number of hydroxylamine groups is 1. The van der Waals surface area contributed by atoms with E-state index in [9.17, 15) is 4.79 Å². The molecule has 0 atom stereocenters. The Morgan fingerprint density at radius 3 is 2.62 bits per heavy atom. The van der Waals surface area contributed by atoms with Gasteiger partial charge in [-0.25, -0.2) is 5.48 Å². The van der Waals surface area contributed by atoms with Crippen LogP contribution in [0.2, 0.25) is 0 Å². The number of hydrogen-bond donors (Lipinski definition) is 3. The lowest BCUT2D eigenvalue weighted by Crippen LogP contribution is -2.33. The van der Waals surface area contributed by atoms with Crippen molar-refractivity contribution in [3.8, 4) is 0 Å². The van der Waals surface area contributed by atoms with E-state index in [0.29, 0.717) is 0 Å². The molecular formula is C8H16N2O3. The molecule has 0 aromatic heterocycles. The molecule has 0 radical (unpaired) electrons. The summed E-state index contributed by atoms with van der Waals surface area (Å²) in [7, 11) is 0. The molecule has 0 bridgehead atoms. The van der Waals surface area contributed by atoms with Crippen molar-refractivity contribution in [1.82, 2.24) is 5.48 Å². The van der Waals surface area contributed by atoms with Crippen LogP contribution in [0.15, 0.2) is 0 Å². The van der Waals surface area contributed by atoms with Crippen molar-refractivity contribution in [2.75, 3.05) is 6.61 Å². The minimum atomic E-state index is -0.505. The first-order valence-electron chi connectivity index (χ1n) is 4.52. The van der Waals surface area contributed by atoms with Crippen LogP contribution < -0.4 is 11.2 Å². The number of hydrogen-bond acceptors (Lipinski definition) is 4. The van der Waals surface area contributed by atoms with Crippen LogP contribution >= 0.6 is 0 Å². The van der Waals surface area contributed by atoms with Crippen LogP contribution in [0.4, 0.5) is 0 Å². The lowest BCUT2D eigenvalue weighted by molar-refractivity contribution is -0.136. The summed E-state index contributed by atoms with van der Waals surface area (Å²) < 4.78 is 5.26. The third kappa shape index (κ3) is 3.71. The van der Waals surface area contributed by atoms with E-state index in [1.54, 1.807) is 0 Å². The highest BCUT2D eigenvalue weighted by Gasteiger charge is 2.19. The van der Waals surface area contributed by atoms with E-state index in [0.717, 1.165) is 25.7 Å². The van der Waals surface area contributed by atoms with E-state index >= 15 is 0 Å². The van der Waals surface area contributed by atoms with Gasteiger partial charge in [-0.05, 0) is 25.7 Å². The maximum absolute atomic E-state index is 10.6. The normalized spacial score (nSPS) is 28.5. The second-order valence-corrected chi connectivity index (χ2v) is 3.38. The highest BCUT2D eigenvalue weighted by molar-refractivity contribution is 5.75. The third-order valence-corrected chi connectivity index (χ3v) is 2.29. The Kier molecular flexibility index (Phi) is 4.14. The first kappa shape index (κ1) is 10.4. The van der Waals surface area contributed by atoms with Crippen molar-refractivity contribution in [2.45, 2.75) is 37.8 Å². The Labute approximate surface area is 77.2 Å². The van der Waals surface area contributed by atoms with Crippen LogP contribution in [0.1, 0.15) is 25.7 Å². The summed E-state index contributed by atoms with van der Waals surface area (Å²) in [4.78, 5) is 10.6. The Morgan fingerprint density at radius 2 is 2.08 bits per heavy atom. The minimum Gasteiger partial charge on any atom is -0.368 e. The molecule has 13 heavy (non-hydrogen) atoms. The zero-order valence-corrected chi connectivity index (χ0v) is 7.53. The molecule has 1 fully saturated rings. The van der Waals surface area contributed by atoms with E-state index in [1.165, 1.54) is 5.48 Å². The summed E-state index contributed by atoms with van der Waals surface area (Å²) in [5.74, 6) is -0.505. The summed E-state index contributed by atoms with van der Waals surface area (Å²) in [6.07, 6.45) is 3.83. The average molecular weight is 188 g/mol. The number of ether oxygens (including phenoxy) is 1. The predicted molar refractivity (Wildman–Crippen MR) is 46.1 cm³/mol. The zero-order valence-electron chi connectivity index (χ0n) is 7.53. The van der Waals surface area contributed by atoms with Crippen molar-refractivity contribution in [3.63, 3.8) is 0 Å². The number of carbonyl (C=O) groups is 1. The quantitative estimate of drug-likeness (QED) is 0.422. The molecule has 0 unspecified atom stereocenters. The van der Waals surface area contributed by atoms with Gasteiger partial charge in [0.15, 0.2) is 0 Å². The maximum atomic E-state index is 10.6. The van der Waals surface area contributed by atoms with E-state index in [4.69, 9.17) is 15.7 Å². The second-order valence-electron chi connectivity index (χ2n) is 3.38. The molecule has 5 heteroatoms. The summed E-state index contributed by atoms with van der Waals surface area (Å²) in [5, 5.41) is 8.21. The molecule has 4 N–H and O–H groups in total. The van der Waals surface area contributed by atoms with E-state index < -0.39 is 5.91 Å². The van der Waals surface area contributed by atoms with Gasteiger partial charge in [-0.3, -0.25) is 10.0 Å². The fraction of sp³-hybridized carbons (Fsp3) is 0.875. The van der Waals surface area contributed by atoms with Crippen LogP contribution in [0, 0.1) is 0 Å². The number of rotatable bonds is 3. The minimum absolute atomic E-state index is 0.0730. The third-order valence-electron chi connectivity index (χ3n) is 2.29. The van der Waals surface area contributed by atoms with Gasteiger partial charge in [0, 0.05) is 6.04 Å². The second kappa shape index (κ2) is 5.16. The van der Waals surface area contributed by atoms with Crippen molar-refractivity contribution in [2.24, 2.45) is 5.73 Å². The van der Waals surface area contributed by atoms with Crippen molar-refractivity contribution >= 4 is 5.91 Å². The molecule has 0 heterocycles. The zero-order chi connectivity index (χ0) is 9.68. The number of nitrogens with one attached hydrogen (secondary N) is 1. The standard InChI is InChI=1S/C8H16N2O3/c9-6-1-3-7(4-2-6)13-5-8(11)10-12/h6-7,12H,1-5,9H2,(H,10,11). The van der Waals surface area contributed by atoms with Gasteiger partial charge in [0.2, 0.25) is 0 Å². The van der Waals surface area contributed by atoms with E-state index in [2.05, 4.69) is 0 Å². The Hall–Kier alpha value is -0.650. The summed E-state index contributed by atoms with van der Waals surface area (Å²) >= 11 is 0. The first-order valence-corrected chi connectivity index (χ1v) is 4.52. The smallest absolute Gasteiger partial charge is 0.269 e. The number of carbonyl (C=O) groups excluding carboxylic acids is 1. The van der Waals surface area contributed by atoms with E-state index in [1.807, 2.05) is 0 Å². The molecule has 76 valence electrons. The van der Waals surface area contributed by atoms with Gasteiger partial charge in [-0.1, -0.05) is 0 Å². The molecule has 1 rings (SSSR count). The molecular weight excluding hydrogens is 172 g/mol. The van der Waals surface area contributed by atoms with Crippen LogP contribution in [0.3, 0.4) is 0 Å². The molecule has 0 spiro atoms. The lowest BCUT2D eigenvalue weighted by atomic mass is 9.94. The van der Waals surface area contributed by atoms with E-state index in [-0.39, 0.29) is 18.8 Å². The molecule has 5 nitrogen and oxygen atoms in total. The Bertz CT molecular complexity index is 167. The SMILES string of the molecule is NC1CCC(OCC(=O)NO)CC1. The lowest BCUT2D eigenvalue weighted by Gasteiger charge is -2.25. The predicted octanol–water partition coefficient (Wildman–Crippen LogP) is -0.222. The van der Waals surface area contributed by atoms with Crippen LogP contribution in [-0.2, 0) is 9.53 Å². The van der Waals surface area contributed by atoms with Crippen LogP contribution in [-0.4, -0.2) is 29.9 Å². The van der Waals surface area contributed by atoms with Gasteiger partial charge in [0.1, 0.15) is 6.61 Å². The summed E-state index contributed by atoms with van der Waals surface area (Å²) in [5.41, 5.74) is 7.23. The fourth-order valence-electron chi connectivity index (χ4n) is 1.48. The first-order chi connectivity index (χ1) is 6.22. The van der Waals surface area contributed by atoms with Crippen molar-refractivity contribution in [3.05, 3.63) is 0 Å².